The molecule has 2 aromatic carbocycles. The molecule has 0 radical (unpaired) electrons. The standard InChI is InChI=1S/C21H18ClFN4O/c1-3-27(21(28)26-14-8-9-19(23)18(22)10-14)13(2)17-12-25-20(11-24)16-7-5-4-6-15(16)17/h4-10,12-13H,3H2,1-2H3,(H,26,28)/t13-/m1/s1. The van der Waals surface area contributed by atoms with Crippen LogP contribution in [0.5, 0.6) is 0 Å². The Labute approximate surface area is 167 Å². The summed E-state index contributed by atoms with van der Waals surface area (Å²) < 4.78 is 13.3. The zero-order chi connectivity index (χ0) is 20.3. The molecular weight excluding hydrogens is 379 g/mol. The molecule has 0 saturated carbocycles. The average molecular weight is 397 g/mol. The van der Waals surface area contributed by atoms with Crippen LogP contribution < -0.4 is 5.32 Å². The summed E-state index contributed by atoms with van der Waals surface area (Å²) in [6.07, 6.45) is 1.64. The third kappa shape index (κ3) is 3.75. The van der Waals surface area contributed by atoms with E-state index in [1.807, 2.05) is 38.1 Å². The first kappa shape index (κ1) is 19.6. The maximum Gasteiger partial charge on any atom is 0.322 e. The Kier molecular flexibility index (Phi) is 5.76. The van der Waals surface area contributed by atoms with E-state index >= 15 is 0 Å². The van der Waals surface area contributed by atoms with Crippen LogP contribution >= 0.6 is 11.6 Å². The highest BCUT2D eigenvalue weighted by molar-refractivity contribution is 6.31. The van der Waals surface area contributed by atoms with Gasteiger partial charge in [0.25, 0.3) is 0 Å². The van der Waals surface area contributed by atoms with E-state index in [1.54, 1.807) is 11.1 Å². The fraction of sp³-hybridized carbons (Fsp3) is 0.190. The third-order valence-corrected chi connectivity index (χ3v) is 4.91. The molecule has 0 aliphatic heterocycles. The van der Waals surface area contributed by atoms with Crippen molar-refractivity contribution in [2.24, 2.45) is 0 Å². The van der Waals surface area contributed by atoms with Crippen molar-refractivity contribution in [1.82, 2.24) is 9.88 Å². The predicted octanol–water partition coefficient (Wildman–Crippen LogP) is 5.51. The first-order valence-electron chi connectivity index (χ1n) is 8.76. The molecule has 2 amide bonds. The van der Waals surface area contributed by atoms with Crippen molar-refractivity contribution in [2.45, 2.75) is 19.9 Å². The van der Waals surface area contributed by atoms with Crippen molar-refractivity contribution < 1.29 is 9.18 Å². The van der Waals surface area contributed by atoms with Crippen molar-refractivity contribution >= 4 is 34.1 Å². The molecule has 0 unspecified atom stereocenters. The predicted molar refractivity (Wildman–Crippen MR) is 108 cm³/mol. The van der Waals surface area contributed by atoms with Gasteiger partial charge in [-0.25, -0.2) is 14.2 Å². The maximum absolute atomic E-state index is 13.3. The Balaban J connectivity index is 1.92. The number of fused-ring (bicyclic) bond motifs is 1. The number of pyridine rings is 1. The van der Waals surface area contributed by atoms with Crippen molar-refractivity contribution in [1.29, 1.82) is 5.26 Å². The molecule has 0 bridgehead atoms. The van der Waals surface area contributed by atoms with Crippen LogP contribution in [0.3, 0.4) is 0 Å². The minimum Gasteiger partial charge on any atom is -0.318 e. The number of amides is 2. The van der Waals surface area contributed by atoms with Crippen molar-refractivity contribution in [3.63, 3.8) is 0 Å². The summed E-state index contributed by atoms with van der Waals surface area (Å²) in [5.41, 5.74) is 1.59. The monoisotopic (exact) mass is 396 g/mol. The summed E-state index contributed by atoms with van der Waals surface area (Å²) in [6.45, 7) is 4.21. The van der Waals surface area contributed by atoms with Crippen LogP contribution in [0.15, 0.2) is 48.7 Å². The molecule has 1 heterocycles. The molecule has 0 aliphatic carbocycles. The quantitative estimate of drug-likeness (QED) is 0.631. The molecule has 1 N–H and O–H groups in total. The van der Waals surface area contributed by atoms with E-state index in [0.717, 1.165) is 16.3 Å². The Morgan fingerprint density at radius 3 is 2.68 bits per heavy atom. The SMILES string of the molecule is CCN(C(=O)Nc1ccc(F)c(Cl)c1)[C@H](C)c1cnc(C#N)c2ccccc12. The van der Waals surface area contributed by atoms with Gasteiger partial charge < -0.3 is 10.2 Å². The molecule has 0 aliphatic rings. The van der Waals surface area contributed by atoms with Gasteiger partial charge in [-0.1, -0.05) is 35.9 Å². The molecule has 3 aromatic rings. The number of urea groups is 1. The minimum absolute atomic E-state index is 0.0591. The highest BCUT2D eigenvalue weighted by Gasteiger charge is 2.23. The molecule has 7 heteroatoms. The van der Waals surface area contributed by atoms with E-state index in [9.17, 15) is 14.4 Å². The van der Waals surface area contributed by atoms with Crippen LogP contribution in [-0.2, 0) is 0 Å². The maximum atomic E-state index is 13.3. The van der Waals surface area contributed by atoms with Gasteiger partial charge >= 0.3 is 6.03 Å². The number of nitrogens with one attached hydrogen (secondary N) is 1. The van der Waals surface area contributed by atoms with Gasteiger partial charge in [0.1, 0.15) is 17.6 Å². The summed E-state index contributed by atoms with van der Waals surface area (Å²) in [7, 11) is 0. The number of nitrogens with zero attached hydrogens (tertiary/aromatic N) is 3. The van der Waals surface area contributed by atoms with Crippen LogP contribution in [0.2, 0.25) is 5.02 Å². The van der Waals surface area contributed by atoms with Crippen molar-refractivity contribution in [3.8, 4) is 6.07 Å². The third-order valence-electron chi connectivity index (χ3n) is 4.62. The van der Waals surface area contributed by atoms with Gasteiger partial charge in [-0.05, 0) is 37.4 Å². The number of aromatic nitrogens is 1. The molecule has 28 heavy (non-hydrogen) atoms. The van der Waals surface area contributed by atoms with Gasteiger partial charge in [0.15, 0.2) is 0 Å². The molecule has 0 fully saturated rings. The smallest absolute Gasteiger partial charge is 0.318 e. The Morgan fingerprint density at radius 1 is 1.32 bits per heavy atom. The summed E-state index contributed by atoms with van der Waals surface area (Å²) in [5.74, 6) is -0.546. The Bertz CT molecular complexity index is 1080. The number of hydrogen-bond acceptors (Lipinski definition) is 3. The molecule has 0 spiro atoms. The van der Waals surface area contributed by atoms with E-state index in [1.165, 1.54) is 18.2 Å². The zero-order valence-electron chi connectivity index (χ0n) is 15.4. The lowest BCUT2D eigenvalue weighted by Crippen LogP contribution is -2.37. The molecule has 5 nitrogen and oxygen atoms in total. The summed E-state index contributed by atoms with van der Waals surface area (Å²) in [5, 5.41) is 13.6. The van der Waals surface area contributed by atoms with Gasteiger partial charge in [-0.2, -0.15) is 5.26 Å². The van der Waals surface area contributed by atoms with Gasteiger partial charge in [0.05, 0.1) is 11.1 Å². The summed E-state index contributed by atoms with van der Waals surface area (Å²) in [4.78, 5) is 18.7. The van der Waals surface area contributed by atoms with E-state index < -0.39 is 5.82 Å². The van der Waals surface area contributed by atoms with E-state index in [4.69, 9.17) is 11.6 Å². The number of hydrogen-bond donors (Lipinski definition) is 1. The number of halogens is 2. The number of carbonyl (C=O) groups excluding carboxylic acids is 1. The molecule has 0 saturated heterocycles. The van der Waals surface area contributed by atoms with Gasteiger partial charge in [0, 0.05) is 29.4 Å². The van der Waals surface area contributed by atoms with Crippen LogP contribution in [0, 0.1) is 17.1 Å². The topological polar surface area (TPSA) is 69.0 Å². The van der Waals surface area contributed by atoms with E-state index in [2.05, 4.69) is 16.4 Å². The highest BCUT2D eigenvalue weighted by atomic mass is 35.5. The lowest BCUT2D eigenvalue weighted by Gasteiger charge is -2.29. The first-order chi connectivity index (χ1) is 13.5. The lowest BCUT2D eigenvalue weighted by molar-refractivity contribution is 0.197. The fourth-order valence-corrected chi connectivity index (χ4v) is 3.35. The second kappa shape index (κ2) is 8.24. The average Bonchev–Trinajstić information content (AvgIpc) is 2.70. The van der Waals surface area contributed by atoms with Crippen LogP contribution in [0.4, 0.5) is 14.9 Å². The number of nitriles is 1. The molecular formula is C21H18ClFN4O. The first-order valence-corrected chi connectivity index (χ1v) is 9.14. The van der Waals surface area contributed by atoms with Crippen molar-refractivity contribution in [3.05, 3.63) is 70.8 Å². The largest absolute Gasteiger partial charge is 0.322 e. The second-order valence-corrected chi connectivity index (χ2v) is 6.65. The van der Waals surface area contributed by atoms with Crippen LogP contribution in [0.1, 0.15) is 31.1 Å². The van der Waals surface area contributed by atoms with Crippen LogP contribution in [0.25, 0.3) is 10.8 Å². The normalized spacial score (nSPS) is 11.7. The van der Waals surface area contributed by atoms with Crippen molar-refractivity contribution in [2.75, 3.05) is 11.9 Å². The molecule has 3 rings (SSSR count). The zero-order valence-corrected chi connectivity index (χ0v) is 16.2. The Hall–Kier alpha value is -3.17. The van der Waals surface area contributed by atoms with Gasteiger partial charge in [0.2, 0.25) is 0 Å². The van der Waals surface area contributed by atoms with Gasteiger partial charge in [-0.3, -0.25) is 0 Å². The number of anilines is 1. The lowest BCUT2D eigenvalue weighted by atomic mass is 10.00. The van der Waals surface area contributed by atoms with Crippen LogP contribution in [-0.4, -0.2) is 22.5 Å². The minimum atomic E-state index is -0.546. The molecule has 142 valence electrons. The number of benzene rings is 2. The van der Waals surface area contributed by atoms with Gasteiger partial charge in [-0.15, -0.1) is 0 Å². The van der Waals surface area contributed by atoms with E-state index in [0.29, 0.717) is 17.9 Å². The summed E-state index contributed by atoms with van der Waals surface area (Å²) in [6, 6.07) is 13.0. The summed E-state index contributed by atoms with van der Waals surface area (Å²) >= 11 is 5.79. The number of carbonyl (C=O) groups is 1. The second-order valence-electron chi connectivity index (χ2n) is 6.24. The Morgan fingerprint density at radius 2 is 2.04 bits per heavy atom. The number of rotatable bonds is 4. The fourth-order valence-electron chi connectivity index (χ4n) is 3.17. The highest BCUT2D eigenvalue weighted by Crippen LogP contribution is 2.29. The molecule has 1 aromatic heterocycles. The molecule has 1 atom stereocenters. The van der Waals surface area contributed by atoms with E-state index in [-0.39, 0.29) is 17.1 Å².